The van der Waals surface area contributed by atoms with Crippen molar-refractivity contribution in [3.8, 4) is 0 Å². The number of phosphoric acid groups is 2. The summed E-state index contributed by atoms with van der Waals surface area (Å²) >= 11 is 0. The lowest BCUT2D eigenvalue weighted by molar-refractivity contribution is -0.161. The zero-order chi connectivity index (χ0) is 73.8. The van der Waals surface area contributed by atoms with Crippen LogP contribution in [0.15, 0.2) is 0 Å². The molecule has 0 aliphatic heterocycles. The Bertz CT molecular complexity index is 1960. The van der Waals surface area contributed by atoms with E-state index in [2.05, 4.69) is 55.4 Å². The van der Waals surface area contributed by atoms with E-state index in [1.54, 1.807) is 0 Å². The number of hydrogen-bond acceptors (Lipinski definition) is 15. The van der Waals surface area contributed by atoms with Crippen LogP contribution in [-0.2, 0) is 65.4 Å². The minimum atomic E-state index is -4.96. The minimum Gasteiger partial charge on any atom is -0.462 e. The van der Waals surface area contributed by atoms with E-state index in [1.165, 1.54) is 205 Å². The number of esters is 4. The quantitative estimate of drug-likeness (QED) is 0.0222. The lowest BCUT2D eigenvalue weighted by Gasteiger charge is -2.21. The van der Waals surface area contributed by atoms with Gasteiger partial charge in [0.15, 0.2) is 12.2 Å². The highest BCUT2D eigenvalue weighted by molar-refractivity contribution is 7.47. The van der Waals surface area contributed by atoms with Gasteiger partial charge < -0.3 is 33.8 Å². The maximum atomic E-state index is 13.1. The fraction of sp³-hybridized carbons (Fsp3) is 0.951. The highest BCUT2D eigenvalue weighted by Crippen LogP contribution is 2.45. The van der Waals surface area contributed by atoms with Crippen LogP contribution in [0.5, 0.6) is 0 Å². The molecular formula is C81H158O17P2. The molecule has 5 unspecified atom stereocenters. The first kappa shape index (κ1) is 98.1. The van der Waals surface area contributed by atoms with Crippen molar-refractivity contribution >= 4 is 39.5 Å². The molecule has 0 radical (unpaired) electrons. The van der Waals surface area contributed by atoms with Gasteiger partial charge >= 0.3 is 39.5 Å². The van der Waals surface area contributed by atoms with E-state index in [4.69, 9.17) is 37.0 Å². The Morgan fingerprint density at radius 1 is 0.280 bits per heavy atom. The average molecular weight is 1470 g/mol. The van der Waals surface area contributed by atoms with Gasteiger partial charge in [0.1, 0.15) is 19.3 Å². The molecule has 0 saturated heterocycles. The molecule has 7 atom stereocenters. The highest BCUT2D eigenvalue weighted by atomic mass is 31.2. The zero-order valence-corrected chi connectivity index (χ0v) is 67.6. The summed E-state index contributed by atoms with van der Waals surface area (Å²) in [7, 11) is -9.92. The molecule has 0 aliphatic rings. The molecule has 19 heteroatoms. The molecule has 0 fully saturated rings. The zero-order valence-electron chi connectivity index (χ0n) is 65.8. The van der Waals surface area contributed by atoms with Crippen LogP contribution in [0.3, 0.4) is 0 Å². The van der Waals surface area contributed by atoms with Gasteiger partial charge in [0.2, 0.25) is 0 Å². The van der Waals surface area contributed by atoms with Crippen molar-refractivity contribution in [3.63, 3.8) is 0 Å². The van der Waals surface area contributed by atoms with Crippen molar-refractivity contribution in [1.82, 2.24) is 0 Å². The molecule has 594 valence electrons. The van der Waals surface area contributed by atoms with Gasteiger partial charge in [-0.2, -0.15) is 0 Å². The van der Waals surface area contributed by atoms with Crippen molar-refractivity contribution < 1.29 is 80.2 Å². The van der Waals surface area contributed by atoms with Gasteiger partial charge in [0.05, 0.1) is 26.4 Å². The summed E-state index contributed by atoms with van der Waals surface area (Å²) in [5, 5.41) is 10.6. The number of carbonyl (C=O) groups excluding carboxylic acids is 4. The van der Waals surface area contributed by atoms with Crippen molar-refractivity contribution in [3.05, 3.63) is 0 Å². The largest absolute Gasteiger partial charge is 0.472 e. The Hall–Kier alpha value is -1.94. The molecule has 0 aromatic heterocycles. The van der Waals surface area contributed by atoms with Gasteiger partial charge in [-0.05, 0) is 49.4 Å². The molecule has 0 heterocycles. The maximum Gasteiger partial charge on any atom is 0.472 e. The molecule has 0 aliphatic carbocycles. The first-order chi connectivity index (χ1) is 48.2. The third-order valence-corrected chi connectivity index (χ3v) is 21.4. The summed E-state index contributed by atoms with van der Waals surface area (Å²) in [5.74, 6) is 0.992. The molecule has 3 N–H and O–H groups in total. The lowest BCUT2D eigenvalue weighted by atomic mass is 9.99. The molecule has 0 aromatic rings. The number of unbranched alkanes of at least 4 members (excludes halogenated alkanes) is 42. The fourth-order valence-corrected chi connectivity index (χ4v) is 13.9. The number of carbonyl (C=O) groups is 4. The first-order valence-corrected chi connectivity index (χ1v) is 44.8. The number of hydrogen-bond donors (Lipinski definition) is 3. The predicted octanol–water partition coefficient (Wildman–Crippen LogP) is 24.0. The standard InChI is InChI=1S/C81H158O17P2/c1-9-73(7)59-51-43-35-29-25-21-17-13-11-12-14-18-22-26-30-36-47-55-63-80(85)97-76(67-91-78(83)61-53-45-38-32-34-42-50-58-72(5)6)69-95-99(87,88)93-65-75(82)66-94-100(89,90)96-70-77(68-92-79(84)62-54-46-40-39-44-52-60-74(8)10-2)98-81(86)64-56-48-37-31-27-23-19-15-16-20-24-28-33-41-49-57-71(3)4/h71-77,82H,9-70H2,1-8H3,(H,87,88)(H,89,90)/t73?,74?,75?,76-,77-/m1/s1. The third-order valence-electron chi connectivity index (χ3n) is 19.5. The van der Waals surface area contributed by atoms with Crippen LogP contribution in [0.4, 0.5) is 0 Å². The van der Waals surface area contributed by atoms with Gasteiger partial charge in [-0.15, -0.1) is 0 Å². The molecule has 0 saturated carbocycles. The van der Waals surface area contributed by atoms with Gasteiger partial charge in [0.25, 0.3) is 0 Å². The van der Waals surface area contributed by atoms with E-state index in [0.717, 1.165) is 120 Å². The van der Waals surface area contributed by atoms with Crippen LogP contribution in [0.2, 0.25) is 0 Å². The van der Waals surface area contributed by atoms with E-state index < -0.39 is 97.5 Å². The van der Waals surface area contributed by atoms with Gasteiger partial charge in [-0.1, -0.05) is 364 Å². The van der Waals surface area contributed by atoms with Crippen LogP contribution in [0, 0.1) is 23.7 Å². The number of aliphatic hydroxyl groups is 1. The van der Waals surface area contributed by atoms with Crippen LogP contribution in [0.25, 0.3) is 0 Å². The second-order valence-corrected chi connectivity index (χ2v) is 33.5. The summed E-state index contributed by atoms with van der Waals surface area (Å²) in [4.78, 5) is 72.9. The SMILES string of the molecule is CCC(C)CCCCCCCCCCCCCCCCCCCCC(=O)O[C@H](COC(=O)CCCCCCCCCC(C)C)COP(=O)(O)OCC(O)COP(=O)(O)OC[C@@H](COC(=O)CCCCCCCCC(C)CC)OC(=O)CCCCCCCCCCCCCCCCCC(C)C. The third kappa shape index (κ3) is 71.7. The van der Waals surface area contributed by atoms with Crippen molar-refractivity contribution in [2.45, 2.75) is 433 Å². The molecule has 0 bridgehead atoms. The van der Waals surface area contributed by atoms with Gasteiger partial charge in [0, 0.05) is 25.7 Å². The summed E-state index contributed by atoms with van der Waals surface area (Å²) in [6, 6.07) is 0. The first-order valence-electron chi connectivity index (χ1n) is 41.8. The lowest BCUT2D eigenvalue weighted by Crippen LogP contribution is -2.30. The van der Waals surface area contributed by atoms with Crippen molar-refractivity contribution in [2.24, 2.45) is 23.7 Å². The number of rotatable bonds is 78. The number of aliphatic hydroxyl groups excluding tert-OH is 1. The topological polar surface area (TPSA) is 237 Å². The van der Waals surface area contributed by atoms with E-state index in [1.807, 2.05) is 0 Å². The summed E-state index contributed by atoms with van der Waals surface area (Å²) in [6.45, 7) is 14.2. The van der Waals surface area contributed by atoms with Crippen molar-refractivity contribution in [2.75, 3.05) is 39.6 Å². The Labute approximate surface area is 613 Å². The van der Waals surface area contributed by atoms with Crippen molar-refractivity contribution in [1.29, 1.82) is 0 Å². The molecule has 0 amide bonds. The minimum absolute atomic E-state index is 0.106. The van der Waals surface area contributed by atoms with E-state index in [9.17, 15) is 43.2 Å². The summed E-state index contributed by atoms with van der Waals surface area (Å²) < 4.78 is 68.6. The normalized spacial score (nSPS) is 14.6. The monoisotopic (exact) mass is 1470 g/mol. The van der Waals surface area contributed by atoms with Crippen LogP contribution < -0.4 is 0 Å². The molecule has 17 nitrogen and oxygen atoms in total. The van der Waals surface area contributed by atoms with Crippen LogP contribution in [-0.4, -0.2) is 96.7 Å². The Balaban J connectivity index is 5.16. The maximum absolute atomic E-state index is 13.1. The molecule has 0 spiro atoms. The molecular weight excluding hydrogens is 1310 g/mol. The Kier molecular flexibility index (Phi) is 68.7. The number of phosphoric ester groups is 2. The van der Waals surface area contributed by atoms with Gasteiger partial charge in [-0.25, -0.2) is 9.13 Å². The average Bonchev–Trinajstić information content (AvgIpc) is 0.912. The summed E-state index contributed by atoms with van der Waals surface area (Å²) in [6.07, 6.45) is 57.1. The smallest absolute Gasteiger partial charge is 0.462 e. The van der Waals surface area contributed by atoms with Crippen LogP contribution in [0.1, 0.15) is 415 Å². The van der Waals surface area contributed by atoms with Crippen LogP contribution >= 0.6 is 15.6 Å². The second-order valence-electron chi connectivity index (χ2n) is 30.6. The van der Waals surface area contributed by atoms with E-state index in [0.29, 0.717) is 31.6 Å². The van der Waals surface area contributed by atoms with Gasteiger partial charge in [-0.3, -0.25) is 37.3 Å². The highest BCUT2D eigenvalue weighted by Gasteiger charge is 2.30. The molecule has 0 aromatic carbocycles. The second kappa shape index (κ2) is 70.1. The Morgan fingerprint density at radius 2 is 0.480 bits per heavy atom. The summed E-state index contributed by atoms with van der Waals surface area (Å²) in [5.41, 5.74) is 0. The fourth-order valence-electron chi connectivity index (χ4n) is 12.4. The molecule has 100 heavy (non-hydrogen) atoms. The Morgan fingerprint density at radius 3 is 0.710 bits per heavy atom. The predicted molar refractivity (Wildman–Crippen MR) is 409 cm³/mol. The molecule has 0 rings (SSSR count). The number of ether oxygens (including phenoxy) is 4. The van der Waals surface area contributed by atoms with E-state index in [-0.39, 0.29) is 25.7 Å². The van der Waals surface area contributed by atoms with E-state index >= 15 is 0 Å².